The van der Waals surface area contributed by atoms with E-state index >= 15 is 0 Å². The number of benzene rings is 1. The van der Waals surface area contributed by atoms with Crippen LogP contribution < -0.4 is 0 Å². The maximum Gasteiger partial charge on any atom is 0.222 e. The summed E-state index contributed by atoms with van der Waals surface area (Å²) in [6, 6.07) is 7.74. The summed E-state index contributed by atoms with van der Waals surface area (Å²) in [6.07, 6.45) is 4.71. The number of hydrogen-bond acceptors (Lipinski definition) is 3. The minimum Gasteiger partial charge on any atom is -0.382 e. The molecule has 0 saturated carbocycles. The second-order valence-electron chi connectivity index (χ2n) is 7.10. The zero-order valence-electron chi connectivity index (χ0n) is 14.3. The highest BCUT2D eigenvalue weighted by Gasteiger charge is 2.42. The smallest absolute Gasteiger partial charge is 0.222 e. The molecule has 1 aromatic carbocycles. The number of carbonyl (C=O) groups excluding carboxylic acids is 1. The highest BCUT2D eigenvalue weighted by molar-refractivity contribution is 6.30. The summed E-state index contributed by atoms with van der Waals surface area (Å²) in [7, 11) is 1.72. The Hall–Kier alpha value is -1.10. The second kappa shape index (κ2) is 7.85. The van der Waals surface area contributed by atoms with Crippen LogP contribution in [0.1, 0.15) is 31.2 Å². The van der Waals surface area contributed by atoms with Crippen LogP contribution in [0.25, 0.3) is 0 Å². The van der Waals surface area contributed by atoms with E-state index in [1.54, 1.807) is 7.11 Å². The Labute approximate surface area is 149 Å². The molecule has 0 aliphatic carbocycles. The lowest BCUT2D eigenvalue weighted by atomic mass is 9.76. The van der Waals surface area contributed by atoms with Crippen LogP contribution in [0.2, 0.25) is 5.02 Å². The number of likely N-dealkylation sites (tertiary alicyclic amines) is 1. The maximum atomic E-state index is 12.5. The molecule has 4 nitrogen and oxygen atoms in total. The Morgan fingerprint density at radius 3 is 2.71 bits per heavy atom. The van der Waals surface area contributed by atoms with E-state index in [9.17, 15) is 4.79 Å². The van der Waals surface area contributed by atoms with E-state index < -0.39 is 0 Å². The Bertz CT molecular complexity index is 552. The summed E-state index contributed by atoms with van der Waals surface area (Å²) in [5.74, 6) is 0.257. The fourth-order valence-electron chi connectivity index (χ4n) is 3.83. The zero-order valence-corrected chi connectivity index (χ0v) is 15.1. The third kappa shape index (κ3) is 4.29. The lowest BCUT2D eigenvalue weighted by Gasteiger charge is -2.38. The van der Waals surface area contributed by atoms with Crippen molar-refractivity contribution in [3.63, 3.8) is 0 Å². The summed E-state index contributed by atoms with van der Waals surface area (Å²) in [6.45, 7) is 3.18. The van der Waals surface area contributed by atoms with E-state index in [0.29, 0.717) is 13.0 Å². The number of carbonyl (C=O) groups is 1. The molecule has 1 aromatic rings. The van der Waals surface area contributed by atoms with Crippen LogP contribution in [0.3, 0.4) is 0 Å². The van der Waals surface area contributed by atoms with E-state index in [-0.39, 0.29) is 17.4 Å². The topological polar surface area (TPSA) is 38.8 Å². The number of ether oxygens (including phenoxy) is 2. The fourth-order valence-corrected chi connectivity index (χ4v) is 3.95. The van der Waals surface area contributed by atoms with E-state index in [4.69, 9.17) is 21.1 Å². The lowest BCUT2D eigenvalue weighted by Crippen LogP contribution is -2.43. The molecule has 0 bridgehead atoms. The molecule has 132 valence electrons. The molecule has 0 radical (unpaired) electrons. The molecule has 3 rings (SSSR count). The third-order valence-corrected chi connectivity index (χ3v) is 5.61. The van der Waals surface area contributed by atoms with Gasteiger partial charge in [-0.05, 0) is 48.8 Å². The molecule has 2 saturated heterocycles. The molecule has 2 aliphatic rings. The van der Waals surface area contributed by atoms with Crippen LogP contribution in [0.5, 0.6) is 0 Å². The van der Waals surface area contributed by atoms with Gasteiger partial charge in [0, 0.05) is 31.6 Å². The van der Waals surface area contributed by atoms with Gasteiger partial charge in [-0.25, -0.2) is 0 Å². The Morgan fingerprint density at radius 2 is 2.04 bits per heavy atom. The Morgan fingerprint density at radius 1 is 1.33 bits per heavy atom. The van der Waals surface area contributed by atoms with Gasteiger partial charge in [-0.15, -0.1) is 0 Å². The molecule has 0 N–H and O–H groups in total. The van der Waals surface area contributed by atoms with Gasteiger partial charge in [-0.3, -0.25) is 4.79 Å². The molecule has 1 unspecified atom stereocenters. The fraction of sp³-hybridized carbons (Fsp3) is 0.632. The Kier molecular flexibility index (Phi) is 5.80. The largest absolute Gasteiger partial charge is 0.382 e. The average molecular weight is 352 g/mol. The summed E-state index contributed by atoms with van der Waals surface area (Å²) in [5.41, 5.74) is 1.42. The van der Waals surface area contributed by atoms with Crippen molar-refractivity contribution >= 4 is 17.5 Å². The zero-order chi connectivity index (χ0) is 17.0. The first-order valence-corrected chi connectivity index (χ1v) is 9.11. The summed E-state index contributed by atoms with van der Waals surface area (Å²) in [4.78, 5) is 14.5. The SMILES string of the molecule is COCC1CC2(CCN(C(=O)CCc3ccc(Cl)cc3)CC2)CO1. The van der Waals surface area contributed by atoms with Gasteiger partial charge in [0.1, 0.15) is 0 Å². The van der Waals surface area contributed by atoms with Crippen molar-refractivity contribution in [3.05, 3.63) is 34.9 Å². The molecule has 1 amide bonds. The normalized spacial score (nSPS) is 22.9. The molecule has 5 heteroatoms. The van der Waals surface area contributed by atoms with E-state index in [0.717, 1.165) is 56.0 Å². The number of amides is 1. The Balaban J connectivity index is 1.44. The molecule has 1 spiro atoms. The van der Waals surface area contributed by atoms with Crippen molar-refractivity contribution in [2.45, 2.75) is 38.2 Å². The molecular weight excluding hydrogens is 326 g/mol. The maximum absolute atomic E-state index is 12.5. The first-order chi connectivity index (χ1) is 11.6. The third-order valence-electron chi connectivity index (χ3n) is 5.36. The quantitative estimate of drug-likeness (QED) is 0.816. The first-order valence-electron chi connectivity index (χ1n) is 8.73. The van der Waals surface area contributed by atoms with Crippen LogP contribution in [0.15, 0.2) is 24.3 Å². The van der Waals surface area contributed by atoms with Gasteiger partial charge in [0.15, 0.2) is 0 Å². The molecule has 2 fully saturated rings. The van der Waals surface area contributed by atoms with Crippen molar-refractivity contribution in [1.82, 2.24) is 4.90 Å². The minimum absolute atomic E-state index is 0.224. The number of aryl methyl sites for hydroxylation is 1. The molecule has 1 atom stereocenters. The number of methoxy groups -OCH3 is 1. The van der Waals surface area contributed by atoms with Gasteiger partial charge < -0.3 is 14.4 Å². The van der Waals surface area contributed by atoms with Crippen molar-refractivity contribution in [2.75, 3.05) is 33.4 Å². The van der Waals surface area contributed by atoms with Gasteiger partial charge in [0.2, 0.25) is 5.91 Å². The summed E-state index contributed by atoms with van der Waals surface area (Å²) in [5, 5.41) is 0.733. The highest BCUT2D eigenvalue weighted by Crippen LogP contribution is 2.42. The van der Waals surface area contributed by atoms with Gasteiger partial charge in [-0.1, -0.05) is 23.7 Å². The monoisotopic (exact) mass is 351 g/mol. The molecular formula is C19H26ClNO3. The van der Waals surface area contributed by atoms with Crippen LogP contribution in [0.4, 0.5) is 0 Å². The van der Waals surface area contributed by atoms with Crippen LogP contribution >= 0.6 is 11.6 Å². The number of piperidine rings is 1. The number of halogens is 1. The van der Waals surface area contributed by atoms with Gasteiger partial charge in [0.25, 0.3) is 0 Å². The summed E-state index contributed by atoms with van der Waals surface area (Å²) < 4.78 is 11.1. The lowest BCUT2D eigenvalue weighted by molar-refractivity contribution is -0.133. The molecule has 24 heavy (non-hydrogen) atoms. The van der Waals surface area contributed by atoms with Gasteiger partial charge in [-0.2, -0.15) is 0 Å². The van der Waals surface area contributed by atoms with E-state index in [2.05, 4.69) is 0 Å². The van der Waals surface area contributed by atoms with E-state index in [1.165, 1.54) is 0 Å². The van der Waals surface area contributed by atoms with Crippen LogP contribution in [0, 0.1) is 5.41 Å². The van der Waals surface area contributed by atoms with Crippen molar-refractivity contribution in [3.8, 4) is 0 Å². The first kappa shape index (κ1) is 17.7. The van der Waals surface area contributed by atoms with Crippen molar-refractivity contribution in [2.24, 2.45) is 5.41 Å². The average Bonchev–Trinajstić information content (AvgIpc) is 2.97. The molecule has 2 heterocycles. The highest BCUT2D eigenvalue weighted by atomic mass is 35.5. The van der Waals surface area contributed by atoms with Crippen molar-refractivity contribution < 1.29 is 14.3 Å². The predicted octanol–water partition coefficient (Wildman–Crippen LogP) is 3.32. The standard InChI is InChI=1S/C19H26ClNO3/c1-23-13-17-12-19(14-24-17)8-10-21(11-9-19)18(22)7-4-15-2-5-16(20)6-3-15/h2-3,5-6,17H,4,7-14H2,1H3. The number of hydrogen-bond donors (Lipinski definition) is 0. The summed E-state index contributed by atoms with van der Waals surface area (Å²) >= 11 is 5.89. The van der Waals surface area contributed by atoms with Crippen molar-refractivity contribution in [1.29, 1.82) is 0 Å². The second-order valence-corrected chi connectivity index (χ2v) is 7.54. The minimum atomic E-state index is 0.224. The predicted molar refractivity (Wildman–Crippen MR) is 94.3 cm³/mol. The van der Waals surface area contributed by atoms with E-state index in [1.807, 2.05) is 29.2 Å². The van der Waals surface area contributed by atoms with Gasteiger partial charge in [0.05, 0.1) is 19.3 Å². The molecule has 0 aromatic heterocycles. The van der Waals surface area contributed by atoms with Gasteiger partial charge >= 0.3 is 0 Å². The van der Waals surface area contributed by atoms with Crippen LogP contribution in [-0.2, 0) is 20.7 Å². The number of nitrogens with zero attached hydrogens (tertiary/aromatic N) is 1. The number of rotatable bonds is 5. The van der Waals surface area contributed by atoms with Crippen LogP contribution in [-0.4, -0.2) is 50.3 Å². The molecule has 2 aliphatic heterocycles.